The lowest BCUT2D eigenvalue weighted by molar-refractivity contribution is 0.101. The van der Waals surface area contributed by atoms with Crippen molar-refractivity contribution in [1.29, 1.82) is 0 Å². The Hall–Kier alpha value is -2.68. The summed E-state index contributed by atoms with van der Waals surface area (Å²) in [6.07, 6.45) is 1.79. The van der Waals surface area contributed by atoms with E-state index in [1.54, 1.807) is 25.3 Å². The van der Waals surface area contributed by atoms with Gasteiger partial charge in [0.05, 0.1) is 5.52 Å². The molecule has 0 radical (unpaired) electrons. The Labute approximate surface area is 123 Å². The van der Waals surface area contributed by atoms with Crippen LogP contribution in [0.5, 0.6) is 5.75 Å². The number of hydrogen-bond acceptors (Lipinski definition) is 3. The number of ether oxygens (including phenoxy) is 1. The number of nitrogens with zero attached hydrogens (tertiary/aromatic N) is 1. The van der Waals surface area contributed by atoms with Gasteiger partial charge in [-0.15, -0.1) is 0 Å². The Morgan fingerprint density at radius 3 is 2.57 bits per heavy atom. The van der Waals surface area contributed by atoms with Crippen molar-refractivity contribution in [2.45, 2.75) is 13.5 Å². The van der Waals surface area contributed by atoms with Crippen molar-refractivity contribution in [3.63, 3.8) is 0 Å². The lowest BCUT2D eigenvalue weighted by Gasteiger charge is -2.09. The van der Waals surface area contributed by atoms with Crippen LogP contribution >= 0.6 is 0 Å². The fourth-order valence-electron chi connectivity index (χ4n) is 2.23. The fraction of sp³-hybridized carbons (Fsp3) is 0.111. The van der Waals surface area contributed by atoms with Gasteiger partial charge in [0.25, 0.3) is 0 Å². The van der Waals surface area contributed by atoms with Gasteiger partial charge in [0.1, 0.15) is 12.4 Å². The highest BCUT2D eigenvalue weighted by Gasteiger charge is 2.03. The monoisotopic (exact) mass is 277 g/mol. The molecule has 3 aromatic rings. The second-order valence-corrected chi connectivity index (χ2v) is 4.86. The Morgan fingerprint density at radius 2 is 1.81 bits per heavy atom. The minimum Gasteiger partial charge on any atom is -0.489 e. The van der Waals surface area contributed by atoms with Crippen molar-refractivity contribution in [3.8, 4) is 5.75 Å². The molecule has 2 aromatic carbocycles. The van der Waals surface area contributed by atoms with Crippen molar-refractivity contribution in [3.05, 3.63) is 71.9 Å². The molecule has 0 amide bonds. The summed E-state index contributed by atoms with van der Waals surface area (Å²) < 4.78 is 5.80. The SMILES string of the molecule is CC(=O)c1ccc(OCc2ccnc3ccccc23)cc1. The van der Waals surface area contributed by atoms with Crippen LogP contribution in [-0.2, 0) is 6.61 Å². The molecule has 0 bridgehead atoms. The standard InChI is InChI=1S/C18H15NO2/c1-13(20)14-6-8-16(9-7-14)21-12-15-10-11-19-18-5-3-2-4-17(15)18/h2-11H,12H2,1H3. The number of carbonyl (C=O) groups excluding carboxylic acids is 1. The van der Waals surface area contributed by atoms with Gasteiger partial charge in [-0.3, -0.25) is 9.78 Å². The van der Waals surface area contributed by atoms with E-state index < -0.39 is 0 Å². The van der Waals surface area contributed by atoms with Crippen LogP contribution in [-0.4, -0.2) is 10.8 Å². The van der Waals surface area contributed by atoms with Gasteiger partial charge in [0, 0.05) is 22.7 Å². The number of pyridine rings is 1. The summed E-state index contributed by atoms with van der Waals surface area (Å²) in [5.41, 5.74) is 2.75. The average molecular weight is 277 g/mol. The molecule has 0 N–H and O–H groups in total. The molecule has 0 aliphatic heterocycles. The quantitative estimate of drug-likeness (QED) is 0.676. The summed E-state index contributed by atoms with van der Waals surface area (Å²) in [6.45, 7) is 2.03. The molecule has 3 rings (SSSR count). The minimum absolute atomic E-state index is 0.0571. The molecule has 0 aliphatic carbocycles. The maximum absolute atomic E-state index is 11.2. The Bertz CT molecular complexity index is 773. The van der Waals surface area contributed by atoms with Gasteiger partial charge in [0.2, 0.25) is 0 Å². The van der Waals surface area contributed by atoms with Gasteiger partial charge in [-0.05, 0) is 43.3 Å². The van der Waals surface area contributed by atoms with Crippen LogP contribution in [0, 0.1) is 0 Å². The number of carbonyl (C=O) groups is 1. The molecule has 1 heterocycles. The Balaban J connectivity index is 1.79. The second-order valence-electron chi connectivity index (χ2n) is 4.86. The number of fused-ring (bicyclic) bond motifs is 1. The number of rotatable bonds is 4. The zero-order chi connectivity index (χ0) is 14.7. The maximum atomic E-state index is 11.2. The van der Waals surface area contributed by atoms with Crippen molar-refractivity contribution in [1.82, 2.24) is 4.98 Å². The lowest BCUT2D eigenvalue weighted by Crippen LogP contribution is -1.98. The van der Waals surface area contributed by atoms with Crippen LogP contribution in [0.25, 0.3) is 10.9 Å². The number of aromatic nitrogens is 1. The number of para-hydroxylation sites is 1. The summed E-state index contributed by atoms with van der Waals surface area (Å²) in [4.78, 5) is 15.6. The molecule has 0 aliphatic rings. The van der Waals surface area contributed by atoms with Crippen LogP contribution in [0.2, 0.25) is 0 Å². The molecule has 3 heteroatoms. The zero-order valence-corrected chi connectivity index (χ0v) is 11.7. The summed E-state index contributed by atoms with van der Waals surface area (Å²) >= 11 is 0. The van der Waals surface area contributed by atoms with Gasteiger partial charge in [-0.1, -0.05) is 18.2 Å². The summed E-state index contributed by atoms with van der Waals surface area (Å²) in [6, 6.07) is 17.2. The lowest BCUT2D eigenvalue weighted by atomic mass is 10.1. The van der Waals surface area contributed by atoms with Crippen LogP contribution in [0.15, 0.2) is 60.8 Å². The van der Waals surface area contributed by atoms with Crippen molar-refractivity contribution >= 4 is 16.7 Å². The van der Waals surface area contributed by atoms with Crippen LogP contribution < -0.4 is 4.74 Å². The molecule has 0 saturated carbocycles. The first-order valence-electron chi connectivity index (χ1n) is 6.80. The molecule has 104 valence electrons. The topological polar surface area (TPSA) is 39.2 Å². The fourth-order valence-corrected chi connectivity index (χ4v) is 2.23. The smallest absolute Gasteiger partial charge is 0.159 e. The Kier molecular flexibility index (Phi) is 3.65. The third-order valence-corrected chi connectivity index (χ3v) is 3.39. The summed E-state index contributed by atoms with van der Waals surface area (Å²) in [7, 11) is 0. The molecule has 0 atom stereocenters. The zero-order valence-electron chi connectivity index (χ0n) is 11.7. The number of benzene rings is 2. The first-order chi connectivity index (χ1) is 10.2. The van der Waals surface area contributed by atoms with Gasteiger partial charge < -0.3 is 4.74 Å². The molecular formula is C18H15NO2. The normalized spacial score (nSPS) is 10.5. The van der Waals surface area contributed by atoms with E-state index in [2.05, 4.69) is 4.98 Å². The molecule has 0 saturated heterocycles. The van der Waals surface area contributed by atoms with E-state index in [0.29, 0.717) is 12.2 Å². The third kappa shape index (κ3) is 2.92. The van der Waals surface area contributed by atoms with Gasteiger partial charge in [0.15, 0.2) is 5.78 Å². The van der Waals surface area contributed by atoms with E-state index >= 15 is 0 Å². The van der Waals surface area contributed by atoms with E-state index in [1.165, 1.54) is 0 Å². The number of hydrogen-bond donors (Lipinski definition) is 0. The average Bonchev–Trinajstić information content (AvgIpc) is 2.53. The predicted octanol–water partition coefficient (Wildman–Crippen LogP) is 4.02. The van der Waals surface area contributed by atoms with Crippen LogP contribution in [0.3, 0.4) is 0 Å². The van der Waals surface area contributed by atoms with E-state index in [0.717, 1.165) is 22.2 Å². The molecule has 0 fully saturated rings. The highest BCUT2D eigenvalue weighted by Crippen LogP contribution is 2.19. The van der Waals surface area contributed by atoms with Gasteiger partial charge in [-0.2, -0.15) is 0 Å². The highest BCUT2D eigenvalue weighted by molar-refractivity contribution is 5.94. The van der Waals surface area contributed by atoms with E-state index in [9.17, 15) is 4.79 Å². The molecular weight excluding hydrogens is 262 g/mol. The third-order valence-electron chi connectivity index (χ3n) is 3.39. The van der Waals surface area contributed by atoms with Crippen LogP contribution in [0.1, 0.15) is 22.8 Å². The summed E-state index contributed by atoms with van der Waals surface area (Å²) in [5, 5.41) is 1.10. The van der Waals surface area contributed by atoms with E-state index in [-0.39, 0.29) is 5.78 Å². The number of Topliss-reactive ketones (excluding diaryl/α,β-unsaturated/α-hetero) is 1. The van der Waals surface area contributed by atoms with Crippen molar-refractivity contribution in [2.75, 3.05) is 0 Å². The summed E-state index contributed by atoms with van der Waals surface area (Å²) in [5.74, 6) is 0.808. The second kappa shape index (κ2) is 5.75. The van der Waals surface area contributed by atoms with Gasteiger partial charge >= 0.3 is 0 Å². The molecule has 0 spiro atoms. The molecule has 1 aromatic heterocycles. The molecule has 0 unspecified atom stereocenters. The van der Waals surface area contributed by atoms with E-state index in [1.807, 2.05) is 42.5 Å². The first kappa shape index (κ1) is 13.3. The van der Waals surface area contributed by atoms with Crippen molar-refractivity contribution < 1.29 is 9.53 Å². The highest BCUT2D eigenvalue weighted by atomic mass is 16.5. The van der Waals surface area contributed by atoms with Crippen molar-refractivity contribution in [2.24, 2.45) is 0 Å². The largest absolute Gasteiger partial charge is 0.489 e. The Morgan fingerprint density at radius 1 is 1.05 bits per heavy atom. The predicted molar refractivity (Wildman–Crippen MR) is 82.5 cm³/mol. The van der Waals surface area contributed by atoms with Gasteiger partial charge in [-0.25, -0.2) is 0 Å². The van der Waals surface area contributed by atoms with E-state index in [4.69, 9.17) is 4.74 Å². The minimum atomic E-state index is 0.0571. The first-order valence-corrected chi connectivity index (χ1v) is 6.80. The molecule has 3 nitrogen and oxygen atoms in total. The van der Waals surface area contributed by atoms with Crippen LogP contribution in [0.4, 0.5) is 0 Å². The molecule has 21 heavy (non-hydrogen) atoms. The maximum Gasteiger partial charge on any atom is 0.159 e. The number of ketones is 1.